The number of benzene rings is 2. The van der Waals surface area contributed by atoms with Gasteiger partial charge in [0.2, 0.25) is 0 Å². The maximum absolute atomic E-state index is 13.8. The molecule has 1 atom stereocenters. The highest BCUT2D eigenvalue weighted by molar-refractivity contribution is 5.43. The lowest BCUT2D eigenvalue weighted by atomic mass is 10.0. The zero-order chi connectivity index (χ0) is 14.7. The predicted molar refractivity (Wildman–Crippen MR) is 79.9 cm³/mol. The molecular formula is C17H20FNO. The summed E-state index contributed by atoms with van der Waals surface area (Å²) in [7, 11) is 1.85. The number of hydrogen-bond donors (Lipinski definition) is 1. The Bertz CT molecular complexity index is 593. The van der Waals surface area contributed by atoms with Crippen molar-refractivity contribution in [3.63, 3.8) is 0 Å². The zero-order valence-electron chi connectivity index (χ0n) is 12.3. The van der Waals surface area contributed by atoms with Crippen molar-refractivity contribution < 1.29 is 9.13 Å². The van der Waals surface area contributed by atoms with Crippen LogP contribution in [0, 0.1) is 19.7 Å². The molecule has 0 fully saturated rings. The summed E-state index contributed by atoms with van der Waals surface area (Å²) in [6, 6.07) is 11.1. The van der Waals surface area contributed by atoms with Crippen molar-refractivity contribution in [1.82, 2.24) is 5.32 Å². The summed E-state index contributed by atoms with van der Waals surface area (Å²) in [5, 5.41) is 3.12. The van der Waals surface area contributed by atoms with Crippen molar-refractivity contribution in [2.75, 3.05) is 7.05 Å². The van der Waals surface area contributed by atoms with Crippen molar-refractivity contribution in [3.8, 4) is 11.5 Å². The topological polar surface area (TPSA) is 21.3 Å². The third kappa shape index (κ3) is 3.17. The van der Waals surface area contributed by atoms with Crippen LogP contribution in [0.2, 0.25) is 0 Å². The Balaban J connectivity index is 2.38. The lowest BCUT2D eigenvalue weighted by Gasteiger charge is -2.17. The van der Waals surface area contributed by atoms with Crippen LogP contribution < -0.4 is 10.1 Å². The van der Waals surface area contributed by atoms with Crippen LogP contribution in [0.5, 0.6) is 11.5 Å². The molecule has 1 N–H and O–H groups in total. The number of halogens is 1. The zero-order valence-corrected chi connectivity index (χ0v) is 12.3. The van der Waals surface area contributed by atoms with Crippen molar-refractivity contribution in [2.24, 2.45) is 0 Å². The monoisotopic (exact) mass is 273 g/mol. The smallest absolute Gasteiger partial charge is 0.132 e. The summed E-state index contributed by atoms with van der Waals surface area (Å²) >= 11 is 0. The van der Waals surface area contributed by atoms with E-state index in [1.807, 2.05) is 45.2 Å². The Labute approximate surface area is 119 Å². The fraction of sp³-hybridized carbons (Fsp3) is 0.294. The van der Waals surface area contributed by atoms with E-state index in [1.165, 1.54) is 5.56 Å². The summed E-state index contributed by atoms with van der Waals surface area (Å²) in [5.74, 6) is 1.24. The molecule has 2 aromatic carbocycles. The molecule has 0 saturated heterocycles. The molecule has 0 bridgehead atoms. The Kier molecular flexibility index (Phi) is 4.40. The van der Waals surface area contributed by atoms with E-state index in [-0.39, 0.29) is 11.9 Å². The summed E-state index contributed by atoms with van der Waals surface area (Å²) in [6.45, 7) is 5.75. The van der Waals surface area contributed by atoms with E-state index >= 15 is 0 Å². The molecule has 0 saturated carbocycles. The average Bonchev–Trinajstić information content (AvgIpc) is 2.44. The third-order valence-electron chi connectivity index (χ3n) is 3.44. The number of rotatable bonds is 4. The quantitative estimate of drug-likeness (QED) is 0.884. The number of ether oxygens (including phenoxy) is 1. The number of aryl methyl sites for hydroxylation is 2. The largest absolute Gasteiger partial charge is 0.457 e. The third-order valence-corrected chi connectivity index (χ3v) is 3.44. The second kappa shape index (κ2) is 6.06. The molecule has 106 valence electrons. The molecule has 0 aromatic heterocycles. The van der Waals surface area contributed by atoms with Gasteiger partial charge in [-0.25, -0.2) is 4.39 Å². The fourth-order valence-corrected chi connectivity index (χ4v) is 1.99. The maximum atomic E-state index is 13.8. The Morgan fingerprint density at radius 2 is 1.75 bits per heavy atom. The molecular weight excluding hydrogens is 253 g/mol. The van der Waals surface area contributed by atoms with Crippen molar-refractivity contribution >= 4 is 0 Å². The molecule has 0 radical (unpaired) electrons. The lowest BCUT2D eigenvalue weighted by molar-refractivity contribution is 0.462. The van der Waals surface area contributed by atoms with Gasteiger partial charge in [0.25, 0.3) is 0 Å². The number of hydrogen-bond acceptors (Lipinski definition) is 2. The van der Waals surface area contributed by atoms with E-state index in [0.717, 1.165) is 11.3 Å². The normalized spacial score (nSPS) is 12.2. The van der Waals surface area contributed by atoms with Gasteiger partial charge in [-0.15, -0.1) is 0 Å². The first kappa shape index (κ1) is 14.5. The van der Waals surface area contributed by atoms with Gasteiger partial charge in [-0.3, -0.25) is 0 Å². The molecule has 3 heteroatoms. The minimum Gasteiger partial charge on any atom is -0.457 e. The molecule has 0 spiro atoms. The van der Waals surface area contributed by atoms with Crippen LogP contribution in [0.25, 0.3) is 0 Å². The van der Waals surface area contributed by atoms with Gasteiger partial charge in [0.15, 0.2) is 0 Å². The van der Waals surface area contributed by atoms with Crippen molar-refractivity contribution in [1.29, 1.82) is 0 Å². The van der Waals surface area contributed by atoms with Crippen LogP contribution in [0.15, 0.2) is 36.4 Å². The van der Waals surface area contributed by atoms with E-state index in [9.17, 15) is 4.39 Å². The molecule has 20 heavy (non-hydrogen) atoms. The minimum absolute atomic E-state index is 0.0190. The van der Waals surface area contributed by atoms with Crippen LogP contribution in [-0.2, 0) is 0 Å². The van der Waals surface area contributed by atoms with E-state index in [4.69, 9.17) is 4.74 Å². The SMILES string of the molecule is CNC(C)c1cc(F)c(C)cc1Oc1ccc(C)cc1. The molecule has 2 nitrogen and oxygen atoms in total. The van der Waals surface area contributed by atoms with Gasteiger partial charge in [-0.1, -0.05) is 17.7 Å². The van der Waals surface area contributed by atoms with Gasteiger partial charge in [-0.2, -0.15) is 0 Å². The Morgan fingerprint density at radius 1 is 1.10 bits per heavy atom. The van der Waals surface area contributed by atoms with Crippen molar-refractivity contribution in [2.45, 2.75) is 26.8 Å². The van der Waals surface area contributed by atoms with Gasteiger partial charge in [0.05, 0.1) is 0 Å². The van der Waals surface area contributed by atoms with Crippen molar-refractivity contribution in [3.05, 3.63) is 58.9 Å². The first-order valence-corrected chi connectivity index (χ1v) is 6.73. The van der Waals surface area contributed by atoms with E-state index in [1.54, 1.807) is 19.1 Å². The molecule has 0 heterocycles. The summed E-state index contributed by atoms with van der Waals surface area (Å²) in [5.41, 5.74) is 2.58. The highest BCUT2D eigenvalue weighted by Gasteiger charge is 2.14. The van der Waals surface area contributed by atoms with Gasteiger partial charge in [0.1, 0.15) is 17.3 Å². The number of nitrogens with one attached hydrogen (secondary N) is 1. The molecule has 2 rings (SSSR count). The summed E-state index contributed by atoms with van der Waals surface area (Å²) in [4.78, 5) is 0. The summed E-state index contributed by atoms with van der Waals surface area (Å²) in [6.07, 6.45) is 0. The molecule has 0 aliphatic heterocycles. The van der Waals surface area contributed by atoms with E-state index in [2.05, 4.69) is 5.32 Å². The van der Waals surface area contributed by atoms with Gasteiger partial charge >= 0.3 is 0 Å². The highest BCUT2D eigenvalue weighted by atomic mass is 19.1. The average molecular weight is 273 g/mol. The molecule has 1 unspecified atom stereocenters. The molecule has 2 aromatic rings. The van der Waals surface area contributed by atoms with E-state index in [0.29, 0.717) is 11.3 Å². The summed E-state index contributed by atoms with van der Waals surface area (Å²) < 4.78 is 19.7. The standard InChI is InChI=1S/C17H20FNO/c1-11-5-7-14(8-6-11)20-17-9-12(2)16(18)10-15(17)13(3)19-4/h5-10,13,19H,1-4H3. The van der Waals surface area contributed by atoms with Crippen LogP contribution in [0.1, 0.15) is 29.7 Å². The first-order chi connectivity index (χ1) is 9.51. The van der Waals surface area contributed by atoms with Crippen LogP contribution in [0.3, 0.4) is 0 Å². The Hall–Kier alpha value is -1.87. The lowest BCUT2D eigenvalue weighted by Crippen LogP contribution is -2.13. The minimum atomic E-state index is -0.210. The molecule has 0 amide bonds. The van der Waals surface area contributed by atoms with E-state index < -0.39 is 0 Å². The van der Waals surface area contributed by atoms with Crippen LogP contribution in [0.4, 0.5) is 4.39 Å². The highest BCUT2D eigenvalue weighted by Crippen LogP contribution is 2.32. The molecule has 0 aliphatic rings. The first-order valence-electron chi connectivity index (χ1n) is 6.73. The Morgan fingerprint density at radius 3 is 2.35 bits per heavy atom. The fourth-order valence-electron chi connectivity index (χ4n) is 1.99. The molecule has 0 aliphatic carbocycles. The second-order valence-corrected chi connectivity index (χ2v) is 5.06. The van der Waals surface area contributed by atoms with Gasteiger partial charge in [-0.05, 0) is 57.6 Å². The van der Waals surface area contributed by atoms with Crippen LogP contribution >= 0.6 is 0 Å². The maximum Gasteiger partial charge on any atom is 0.132 e. The van der Waals surface area contributed by atoms with Gasteiger partial charge in [0, 0.05) is 11.6 Å². The van der Waals surface area contributed by atoms with Crippen LogP contribution in [-0.4, -0.2) is 7.05 Å². The predicted octanol–water partition coefficient (Wildman–Crippen LogP) is 4.52. The second-order valence-electron chi connectivity index (χ2n) is 5.06. The van der Waals surface area contributed by atoms with Gasteiger partial charge < -0.3 is 10.1 Å².